The third-order valence-electron chi connectivity index (χ3n) is 12.4. The Kier molecular flexibility index (Phi) is 18.3. The molecule has 410 valence electrons. The predicted molar refractivity (Wildman–Crippen MR) is 303 cm³/mol. The highest BCUT2D eigenvalue weighted by atomic mass is 32.1. The van der Waals surface area contributed by atoms with Crippen molar-refractivity contribution in [3.8, 4) is 43.4 Å². The van der Waals surface area contributed by atoms with Crippen molar-refractivity contribution in [2.75, 3.05) is 32.6 Å². The number of fused-ring (bicyclic) bond motifs is 14. The molecule has 0 saturated carbocycles. The summed E-state index contributed by atoms with van der Waals surface area (Å²) in [5.74, 6) is -3.11. The molecule has 1 aliphatic heterocycles. The fourth-order valence-electron chi connectivity index (χ4n) is 8.34. The van der Waals surface area contributed by atoms with Gasteiger partial charge in [0.05, 0.1) is 41.2 Å². The van der Waals surface area contributed by atoms with Crippen LogP contribution in [0.25, 0.3) is 43.4 Å². The second-order valence-electron chi connectivity index (χ2n) is 18.3. The Morgan fingerprint density at radius 1 is 0.747 bits per heavy atom. The number of hydrogen-bond donors (Lipinski definition) is 7. The van der Waals surface area contributed by atoms with Crippen LogP contribution in [-0.2, 0) is 25.7 Å². The van der Waals surface area contributed by atoms with Crippen molar-refractivity contribution >= 4 is 109 Å². The number of methoxy groups -OCH3 is 1. The molecule has 1 aromatic carbocycles. The van der Waals surface area contributed by atoms with E-state index in [0.717, 1.165) is 0 Å². The Bertz CT molecular complexity index is 3530. The van der Waals surface area contributed by atoms with Crippen molar-refractivity contribution in [1.82, 2.24) is 56.2 Å². The van der Waals surface area contributed by atoms with Crippen LogP contribution < -0.4 is 26.6 Å². The first kappa shape index (κ1) is 56.8. The molecule has 21 nitrogen and oxygen atoms in total. The summed E-state index contributed by atoms with van der Waals surface area (Å²) in [7, 11) is 2.97. The lowest BCUT2D eigenvalue weighted by Gasteiger charge is -2.23. The number of ketones is 1. The maximum Gasteiger partial charge on any atom is 0.271 e. The highest BCUT2D eigenvalue weighted by molar-refractivity contribution is 7.15. The summed E-state index contributed by atoms with van der Waals surface area (Å²) < 4.78 is 5.46. The number of Topliss-reactive ketones (excluding diaryl/α,β-unsaturated/α-hetero) is 1. The Morgan fingerprint density at radius 2 is 1.47 bits per heavy atom. The van der Waals surface area contributed by atoms with E-state index in [0.29, 0.717) is 85.9 Å². The number of aliphatic hydroxyl groups excluding tert-OH is 2. The first-order valence-corrected chi connectivity index (χ1v) is 29.8. The number of hydrogen-bond acceptors (Lipinski definition) is 22. The minimum absolute atomic E-state index is 0.0298. The number of nitrogens with one attached hydrogen (secondary N) is 5. The van der Waals surface area contributed by atoms with Gasteiger partial charge in [-0.1, -0.05) is 44.2 Å². The van der Waals surface area contributed by atoms with Crippen LogP contribution in [-0.4, -0.2) is 108 Å². The number of amides is 5. The summed E-state index contributed by atoms with van der Waals surface area (Å²) in [4.78, 5) is 117. The van der Waals surface area contributed by atoms with E-state index in [9.17, 15) is 39.0 Å². The fraction of sp³-hybridized carbons (Fsp3) is 0.327. The number of carbonyl (C=O) groups excluding carboxylic acids is 6. The number of ether oxygens (including phenoxy) is 1. The van der Waals surface area contributed by atoms with Crippen molar-refractivity contribution < 1.29 is 43.7 Å². The average Bonchev–Trinajstić information content (AvgIpc) is 4.35. The number of aliphatic hydroxyl groups is 2. The van der Waals surface area contributed by atoms with Gasteiger partial charge in [0.1, 0.15) is 77.2 Å². The van der Waals surface area contributed by atoms with Crippen LogP contribution in [0.1, 0.15) is 125 Å². The van der Waals surface area contributed by atoms with Gasteiger partial charge in [-0.2, -0.15) is 0 Å². The van der Waals surface area contributed by atoms with E-state index in [1.165, 1.54) is 82.2 Å². The largest absolute Gasteiger partial charge is 0.396 e. The van der Waals surface area contributed by atoms with E-state index in [2.05, 4.69) is 31.6 Å². The molecule has 27 heteroatoms. The number of pyridine rings is 1. The van der Waals surface area contributed by atoms with Crippen LogP contribution in [0, 0.1) is 12.8 Å². The molecular formula is C52H52N12O9S6. The van der Waals surface area contributed by atoms with Gasteiger partial charge in [-0.15, -0.1) is 68.0 Å². The number of benzene rings is 1. The molecule has 79 heavy (non-hydrogen) atoms. The van der Waals surface area contributed by atoms with E-state index < -0.39 is 48.4 Å². The zero-order valence-corrected chi connectivity index (χ0v) is 47.9. The van der Waals surface area contributed by atoms with E-state index >= 15 is 0 Å². The van der Waals surface area contributed by atoms with Crippen LogP contribution in [0.5, 0.6) is 0 Å². The Hall–Kier alpha value is -6.95. The second kappa shape index (κ2) is 25.4. The van der Waals surface area contributed by atoms with Crippen molar-refractivity contribution in [1.29, 1.82) is 0 Å². The van der Waals surface area contributed by atoms with Gasteiger partial charge >= 0.3 is 0 Å². The molecule has 4 atom stereocenters. The summed E-state index contributed by atoms with van der Waals surface area (Å²) in [6.07, 6.45) is -1.06. The third kappa shape index (κ3) is 13.2. The van der Waals surface area contributed by atoms with Crippen LogP contribution in [0.15, 0.2) is 64.0 Å². The number of aromatic nitrogens is 7. The van der Waals surface area contributed by atoms with Gasteiger partial charge in [0, 0.05) is 71.5 Å². The van der Waals surface area contributed by atoms with Crippen LogP contribution in [0.2, 0.25) is 0 Å². The van der Waals surface area contributed by atoms with Crippen molar-refractivity contribution in [3.05, 3.63) is 111 Å². The number of rotatable bonds is 12. The van der Waals surface area contributed by atoms with Gasteiger partial charge in [-0.25, -0.2) is 34.9 Å². The molecule has 0 saturated heterocycles. The quantitative estimate of drug-likeness (QED) is 0.0611. The number of thiazole rings is 6. The molecule has 0 spiro atoms. The van der Waals surface area contributed by atoms with Crippen molar-refractivity contribution in [2.45, 2.75) is 77.2 Å². The molecule has 0 fully saturated rings. The van der Waals surface area contributed by atoms with Gasteiger partial charge in [0.15, 0.2) is 5.78 Å². The highest BCUT2D eigenvalue weighted by Gasteiger charge is 2.33. The smallest absolute Gasteiger partial charge is 0.271 e. The number of anilines is 1. The molecule has 8 aromatic rings. The maximum absolute atomic E-state index is 14.3. The number of nitrogens with zero attached hydrogens (tertiary/aromatic N) is 7. The molecule has 0 aliphatic carbocycles. The standard InChI is InChI=1S/C52H52N12O9S6/c1-24(2)28-16-34(66)40-25(3)78-51(63-40)30(17-38(68)53-4)56-45(71)32-21-74-47(58-32)27-13-14-29(49-61-36(23-77-49)60-37(67)12-9-15-65)55-41(27)31-20-75-50(57-31)33-22-76-52(59-33)43(44(70)26-10-7-6-8-11-26)62-39(69)18-54-46(72)42-35(19-73-5)79-48(28)64-42/h6-8,10-11,13-14,20-24,28,30,43-44,65,70H,9,12,15-19H2,1-5H3,(H,53,68)(H,54,72)(H,56,71)(H,60,67)(H,62,69)/t28-,30+,43+,44+/m1/s1. The van der Waals surface area contributed by atoms with Crippen LogP contribution in [0.3, 0.4) is 0 Å². The number of aryl methyl sites for hydroxylation is 1. The monoisotopic (exact) mass is 1180 g/mol. The summed E-state index contributed by atoms with van der Waals surface area (Å²) in [6.45, 7) is 5.06. The van der Waals surface area contributed by atoms with Crippen molar-refractivity contribution in [3.63, 3.8) is 0 Å². The molecule has 7 aromatic heterocycles. The topological polar surface area (TPSA) is 302 Å². The van der Waals surface area contributed by atoms with Crippen molar-refractivity contribution in [2.24, 2.45) is 5.92 Å². The first-order chi connectivity index (χ1) is 38.1. The molecular weight excluding hydrogens is 1130 g/mol. The predicted octanol–water partition coefficient (Wildman–Crippen LogP) is 7.91. The third-order valence-corrected chi connectivity index (χ3v) is 18.2. The fourth-order valence-corrected chi connectivity index (χ4v) is 13.9. The lowest BCUT2D eigenvalue weighted by Crippen LogP contribution is -2.40. The van der Waals surface area contributed by atoms with Gasteiger partial charge in [0.2, 0.25) is 17.7 Å². The van der Waals surface area contributed by atoms with Gasteiger partial charge < -0.3 is 41.5 Å². The van der Waals surface area contributed by atoms with Crippen LogP contribution >= 0.6 is 68.0 Å². The molecule has 0 radical (unpaired) electrons. The Labute approximate surface area is 476 Å². The lowest BCUT2D eigenvalue weighted by atomic mass is 9.90. The summed E-state index contributed by atoms with van der Waals surface area (Å²) in [6, 6.07) is 10.3. The normalized spacial score (nSPS) is 16.7. The van der Waals surface area contributed by atoms with E-state index in [-0.39, 0.29) is 73.1 Å². The SMILES string of the molecule is CNC(=O)C[C@@H]1NC(=O)c2csc(n2)-c2ccc(-c3nc(NC(=O)CCCO)cs3)nc2-c2csc(n2)-c2csc(n2)[C@H]([C@@H](O)c2ccccc2)NC(=O)CNC(=O)c2nc(sc2COC)[C@@H](C(C)C)CC(=O)c2nc1sc2C. The number of carbonyl (C=O) groups is 6. The zero-order valence-electron chi connectivity index (χ0n) is 43.0. The summed E-state index contributed by atoms with van der Waals surface area (Å²) >= 11 is 7.34. The van der Waals surface area contributed by atoms with E-state index in [1.54, 1.807) is 70.9 Å². The first-order valence-electron chi connectivity index (χ1n) is 24.7. The zero-order chi connectivity index (χ0) is 55.9. The molecule has 9 rings (SSSR count). The van der Waals surface area contributed by atoms with Gasteiger partial charge in [-0.3, -0.25) is 28.8 Å². The van der Waals surface area contributed by atoms with Gasteiger partial charge in [-0.05, 0) is 37.0 Å². The minimum atomic E-state index is -1.26. The van der Waals surface area contributed by atoms with E-state index in [1.807, 2.05) is 13.8 Å². The molecule has 8 heterocycles. The molecule has 0 unspecified atom stereocenters. The summed E-state index contributed by atoms with van der Waals surface area (Å²) in [5, 5.41) is 44.4. The van der Waals surface area contributed by atoms with Gasteiger partial charge in [0.25, 0.3) is 11.8 Å². The minimum Gasteiger partial charge on any atom is -0.396 e. The highest BCUT2D eigenvalue weighted by Crippen LogP contribution is 2.41. The maximum atomic E-state index is 14.3. The summed E-state index contributed by atoms with van der Waals surface area (Å²) in [5.41, 5.74) is 2.99. The molecule has 7 N–H and O–H groups in total. The second-order valence-corrected chi connectivity index (χ2v) is 24.1. The molecule has 1 aliphatic rings. The van der Waals surface area contributed by atoms with E-state index in [4.69, 9.17) is 34.6 Å². The average molecular weight is 1180 g/mol. The lowest BCUT2D eigenvalue weighted by molar-refractivity contribution is -0.122. The molecule has 10 bridgehead atoms. The molecule has 5 amide bonds. The van der Waals surface area contributed by atoms with Crippen LogP contribution in [0.4, 0.5) is 5.82 Å². The Balaban J connectivity index is 1.13. The Morgan fingerprint density at radius 3 is 2.23 bits per heavy atom.